The summed E-state index contributed by atoms with van der Waals surface area (Å²) >= 11 is 0. The standard InChI is InChI=1S/C20H33N3O2/c1-20(2,3)17-10-4-5-11-18(17)22-19(25)21-12-6-7-13-23-14-8-9-16(23)15-24/h4-5,10-11,16,24H,6-9,12-15H2,1-3H3,(H2,21,22,25). The summed E-state index contributed by atoms with van der Waals surface area (Å²) in [5, 5.41) is 15.2. The Hall–Kier alpha value is -1.59. The van der Waals surface area contributed by atoms with E-state index in [1.54, 1.807) is 0 Å². The highest BCUT2D eigenvalue weighted by Gasteiger charge is 2.22. The quantitative estimate of drug-likeness (QED) is 0.663. The minimum Gasteiger partial charge on any atom is -0.395 e. The highest BCUT2D eigenvalue weighted by atomic mass is 16.3. The van der Waals surface area contributed by atoms with Gasteiger partial charge in [0.05, 0.1) is 6.61 Å². The average molecular weight is 348 g/mol. The fraction of sp³-hybridized carbons (Fsp3) is 0.650. The maximum Gasteiger partial charge on any atom is 0.319 e. The summed E-state index contributed by atoms with van der Waals surface area (Å²) in [6, 6.07) is 8.14. The molecular formula is C20H33N3O2. The van der Waals surface area contributed by atoms with E-state index in [1.165, 1.54) is 6.42 Å². The van der Waals surface area contributed by atoms with Gasteiger partial charge in [0.2, 0.25) is 0 Å². The Kier molecular flexibility index (Phi) is 7.26. The molecule has 1 heterocycles. The van der Waals surface area contributed by atoms with Crippen molar-refractivity contribution in [2.45, 2.75) is 57.9 Å². The van der Waals surface area contributed by atoms with Crippen LogP contribution >= 0.6 is 0 Å². The predicted octanol–water partition coefficient (Wildman–Crippen LogP) is 3.34. The van der Waals surface area contributed by atoms with Crippen LogP contribution in [-0.2, 0) is 5.41 Å². The molecule has 0 aromatic heterocycles. The van der Waals surface area contributed by atoms with Crippen molar-refractivity contribution in [1.29, 1.82) is 0 Å². The second-order valence-corrected chi connectivity index (χ2v) is 7.90. The molecule has 0 saturated carbocycles. The minimum atomic E-state index is -0.147. The van der Waals surface area contributed by atoms with Crippen LogP contribution in [0.3, 0.4) is 0 Å². The van der Waals surface area contributed by atoms with E-state index in [1.807, 2.05) is 18.2 Å². The molecule has 1 unspecified atom stereocenters. The van der Waals surface area contributed by atoms with Crippen molar-refractivity contribution in [1.82, 2.24) is 10.2 Å². The molecule has 1 fully saturated rings. The summed E-state index contributed by atoms with van der Waals surface area (Å²) in [6.45, 7) is 9.44. The number of para-hydroxylation sites is 1. The van der Waals surface area contributed by atoms with E-state index in [0.29, 0.717) is 12.6 Å². The van der Waals surface area contributed by atoms with Crippen molar-refractivity contribution in [3.8, 4) is 0 Å². The Morgan fingerprint density at radius 2 is 2.04 bits per heavy atom. The molecule has 3 N–H and O–H groups in total. The highest BCUT2D eigenvalue weighted by Crippen LogP contribution is 2.29. The molecule has 2 rings (SSSR count). The number of rotatable bonds is 7. The Balaban J connectivity index is 1.70. The van der Waals surface area contributed by atoms with Gasteiger partial charge in [0.15, 0.2) is 0 Å². The molecule has 5 nitrogen and oxygen atoms in total. The molecule has 1 aliphatic heterocycles. The van der Waals surface area contributed by atoms with Gasteiger partial charge in [-0.2, -0.15) is 0 Å². The second-order valence-electron chi connectivity index (χ2n) is 7.90. The maximum absolute atomic E-state index is 12.1. The summed E-state index contributed by atoms with van der Waals surface area (Å²) in [7, 11) is 0. The summed E-state index contributed by atoms with van der Waals surface area (Å²) in [5.74, 6) is 0. The van der Waals surface area contributed by atoms with E-state index in [4.69, 9.17) is 0 Å². The number of aliphatic hydroxyl groups is 1. The van der Waals surface area contributed by atoms with Gasteiger partial charge in [-0.25, -0.2) is 4.79 Å². The Morgan fingerprint density at radius 1 is 1.28 bits per heavy atom. The zero-order valence-corrected chi connectivity index (χ0v) is 15.8. The molecular weight excluding hydrogens is 314 g/mol. The van der Waals surface area contributed by atoms with Crippen LogP contribution in [0.2, 0.25) is 0 Å². The average Bonchev–Trinajstić information content (AvgIpc) is 3.01. The number of unbranched alkanes of at least 4 members (excludes halogenated alkanes) is 1. The third kappa shape index (κ3) is 6.01. The number of likely N-dealkylation sites (tertiary alicyclic amines) is 1. The molecule has 1 saturated heterocycles. The molecule has 140 valence electrons. The van der Waals surface area contributed by atoms with Gasteiger partial charge in [0.1, 0.15) is 0 Å². The van der Waals surface area contributed by atoms with Crippen molar-refractivity contribution in [3.63, 3.8) is 0 Å². The number of carbonyl (C=O) groups excluding carboxylic acids is 1. The summed E-state index contributed by atoms with van der Waals surface area (Å²) in [6.07, 6.45) is 4.27. The zero-order chi connectivity index (χ0) is 18.3. The van der Waals surface area contributed by atoms with Gasteiger partial charge in [-0.1, -0.05) is 39.0 Å². The molecule has 5 heteroatoms. The first-order chi connectivity index (χ1) is 11.9. The number of hydrogen-bond donors (Lipinski definition) is 3. The summed E-state index contributed by atoms with van der Waals surface area (Å²) in [5.41, 5.74) is 1.99. The Labute approximate surface area is 151 Å². The van der Waals surface area contributed by atoms with E-state index >= 15 is 0 Å². The molecule has 1 atom stereocenters. The van der Waals surface area contributed by atoms with Crippen LogP contribution in [0.1, 0.15) is 52.0 Å². The van der Waals surface area contributed by atoms with Crippen LogP contribution in [0.15, 0.2) is 24.3 Å². The SMILES string of the molecule is CC(C)(C)c1ccccc1NC(=O)NCCCCN1CCCC1CO. The summed E-state index contributed by atoms with van der Waals surface area (Å²) in [4.78, 5) is 14.5. The molecule has 1 aromatic rings. The van der Waals surface area contributed by atoms with E-state index < -0.39 is 0 Å². The molecule has 0 aliphatic carbocycles. The highest BCUT2D eigenvalue weighted by molar-refractivity contribution is 5.90. The number of amides is 2. The number of aliphatic hydroxyl groups excluding tert-OH is 1. The van der Waals surface area contributed by atoms with Gasteiger partial charge in [0, 0.05) is 18.3 Å². The minimum absolute atomic E-state index is 0.0111. The molecule has 2 amide bonds. The largest absolute Gasteiger partial charge is 0.395 e. The fourth-order valence-corrected chi connectivity index (χ4v) is 3.45. The number of anilines is 1. The Bertz CT molecular complexity index is 554. The molecule has 1 aromatic carbocycles. The first-order valence-corrected chi connectivity index (χ1v) is 9.41. The lowest BCUT2D eigenvalue weighted by atomic mass is 9.86. The van der Waals surface area contributed by atoms with Gasteiger partial charge in [-0.05, 0) is 55.8 Å². The van der Waals surface area contributed by atoms with Crippen molar-refractivity contribution in [2.24, 2.45) is 0 Å². The monoisotopic (exact) mass is 347 g/mol. The van der Waals surface area contributed by atoms with Crippen LogP contribution in [-0.4, -0.2) is 48.3 Å². The molecule has 0 spiro atoms. The third-order valence-electron chi connectivity index (χ3n) is 4.85. The first kappa shape index (κ1) is 19.7. The fourth-order valence-electron chi connectivity index (χ4n) is 3.45. The summed E-state index contributed by atoms with van der Waals surface area (Å²) < 4.78 is 0. The Morgan fingerprint density at radius 3 is 2.76 bits per heavy atom. The lowest BCUT2D eigenvalue weighted by molar-refractivity contribution is 0.157. The van der Waals surface area contributed by atoms with E-state index in [2.05, 4.69) is 42.4 Å². The van der Waals surface area contributed by atoms with Crippen LogP contribution in [0.5, 0.6) is 0 Å². The lowest BCUT2D eigenvalue weighted by Crippen LogP contribution is -2.34. The van der Waals surface area contributed by atoms with Crippen molar-refractivity contribution in [3.05, 3.63) is 29.8 Å². The number of urea groups is 1. The predicted molar refractivity (Wildman–Crippen MR) is 103 cm³/mol. The number of carbonyl (C=O) groups is 1. The lowest BCUT2D eigenvalue weighted by Gasteiger charge is -2.23. The van der Waals surface area contributed by atoms with Crippen LogP contribution in [0.25, 0.3) is 0 Å². The first-order valence-electron chi connectivity index (χ1n) is 9.41. The molecule has 1 aliphatic rings. The molecule has 25 heavy (non-hydrogen) atoms. The van der Waals surface area contributed by atoms with Gasteiger partial charge in [0.25, 0.3) is 0 Å². The zero-order valence-electron chi connectivity index (χ0n) is 15.8. The smallest absolute Gasteiger partial charge is 0.319 e. The number of hydrogen-bond acceptors (Lipinski definition) is 3. The van der Waals surface area contributed by atoms with Crippen LogP contribution in [0, 0.1) is 0 Å². The number of nitrogens with zero attached hydrogens (tertiary/aromatic N) is 1. The number of benzene rings is 1. The van der Waals surface area contributed by atoms with E-state index in [-0.39, 0.29) is 18.1 Å². The van der Waals surface area contributed by atoms with Crippen molar-refractivity contribution < 1.29 is 9.90 Å². The maximum atomic E-state index is 12.1. The third-order valence-corrected chi connectivity index (χ3v) is 4.85. The van der Waals surface area contributed by atoms with Crippen molar-refractivity contribution in [2.75, 3.05) is 31.6 Å². The van der Waals surface area contributed by atoms with Crippen molar-refractivity contribution >= 4 is 11.7 Å². The normalized spacial score (nSPS) is 18.3. The molecule has 0 bridgehead atoms. The van der Waals surface area contributed by atoms with Gasteiger partial charge in [-0.3, -0.25) is 4.90 Å². The van der Waals surface area contributed by atoms with Gasteiger partial charge in [-0.15, -0.1) is 0 Å². The molecule has 0 radical (unpaired) electrons. The van der Waals surface area contributed by atoms with Gasteiger partial charge >= 0.3 is 6.03 Å². The number of nitrogens with one attached hydrogen (secondary N) is 2. The van der Waals surface area contributed by atoms with Gasteiger partial charge < -0.3 is 15.7 Å². The topological polar surface area (TPSA) is 64.6 Å². The second kappa shape index (κ2) is 9.20. The van der Waals surface area contributed by atoms with Crippen LogP contribution in [0.4, 0.5) is 10.5 Å². The van der Waals surface area contributed by atoms with E-state index in [0.717, 1.165) is 43.6 Å². The van der Waals surface area contributed by atoms with Crippen LogP contribution < -0.4 is 10.6 Å². The van der Waals surface area contributed by atoms with E-state index in [9.17, 15) is 9.90 Å².